The fourth-order valence-electron chi connectivity index (χ4n) is 6.50. The maximum atomic E-state index is 12.8. The monoisotopic (exact) mass is 457 g/mol. The van der Waals surface area contributed by atoms with Crippen molar-refractivity contribution in [3.63, 3.8) is 0 Å². The summed E-state index contributed by atoms with van der Waals surface area (Å²) in [5.74, 6) is 0.961. The molecule has 6 heteroatoms. The molecule has 0 saturated heterocycles. The molecule has 3 aromatic rings. The van der Waals surface area contributed by atoms with Crippen LogP contribution in [0, 0.1) is 0 Å². The topological polar surface area (TPSA) is 71.8 Å². The number of carbonyl (C=O) groups excluding carboxylic acids is 1. The van der Waals surface area contributed by atoms with Crippen LogP contribution < -0.4 is 10.6 Å². The number of hydrogen-bond donors (Lipinski definition) is 2. The Kier molecular flexibility index (Phi) is 5.85. The number of aromatic nitrogens is 3. The standard InChI is InChI=1S/C28H35N5O/c34-25-13-16-28(14-5-2-6-15-28)33-24(25)17-21-19-30-27(32-26(21)33)31-23-11-9-22(10-12-23)29-18-20-7-3-1-4-8-20/h1,3-4,7-8,17,19,22-23,29H,2,5-6,9-16,18H2,(H,30,31,32). The van der Waals surface area contributed by atoms with Crippen LogP contribution in [0.2, 0.25) is 0 Å². The van der Waals surface area contributed by atoms with Crippen molar-refractivity contribution < 1.29 is 4.79 Å². The van der Waals surface area contributed by atoms with Gasteiger partial charge in [-0.2, -0.15) is 4.98 Å². The molecule has 2 N–H and O–H groups in total. The quantitative estimate of drug-likeness (QED) is 0.523. The first-order valence-corrected chi connectivity index (χ1v) is 13.2. The third kappa shape index (κ3) is 4.13. The van der Waals surface area contributed by atoms with Gasteiger partial charge in [-0.15, -0.1) is 0 Å². The maximum absolute atomic E-state index is 12.8. The average molecular weight is 458 g/mol. The Morgan fingerprint density at radius 3 is 2.53 bits per heavy atom. The number of Topliss-reactive ketones (excluding diaryl/α,β-unsaturated/α-hetero) is 1. The second-order valence-corrected chi connectivity index (χ2v) is 10.6. The third-order valence-electron chi connectivity index (χ3n) is 8.40. The van der Waals surface area contributed by atoms with Gasteiger partial charge in [-0.1, -0.05) is 49.6 Å². The van der Waals surface area contributed by atoms with Crippen molar-refractivity contribution in [2.75, 3.05) is 5.32 Å². The molecule has 1 aromatic carbocycles. The van der Waals surface area contributed by atoms with Crippen molar-refractivity contribution in [2.24, 2.45) is 0 Å². The van der Waals surface area contributed by atoms with Gasteiger partial charge in [0, 0.05) is 42.2 Å². The molecule has 2 aliphatic carbocycles. The summed E-state index contributed by atoms with van der Waals surface area (Å²) in [6, 6.07) is 13.6. The van der Waals surface area contributed by atoms with E-state index in [0.717, 1.165) is 68.2 Å². The molecule has 2 fully saturated rings. The number of benzene rings is 1. The summed E-state index contributed by atoms with van der Waals surface area (Å²) in [6.07, 6.45) is 14.2. The summed E-state index contributed by atoms with van der Waals surface area (Å²) in [4.78, 5) is 22.4. The van der Waals surface area contributed by atoms with E-state index in [2.05, 4.69) is 50.5 Å². The van der Waals surface area contributed by atoms with Crippen molar-refractivity contribution in [2.45, 2.75) is 94.8 Å². The van der Waals surface area contributed by atoms with Gasteiger partial charge in [0.15, 0.2) is 5.78 Å². The normalized spacial score (nSPS) is 24.3. The lowest BCUT2D eigenvalue weighted by Crippen LogP contribution is -2.41. The lowest BCUT2D eigenvalue weighted by atomic mass is 9.75. The molecule has 3 heterocycles. The van der Waals surface area contributed by atoms with E-state index in [1.165, 1.54) is 24.8 Å². The molecule has 2 saturated carbocycles. The second kappa shape index (κ2) is 9.14. The van der Waals surface area contributed by atoms with E-state index in [-0.39, 0.29) is 11.3 Å². The fraction of sp³-hybridized carbons (Fsp3) is 0.536. The highest BCUT2D eigenvalue weighted by molar-refractivity contribution is 6.00. The SMILES string of the molecule is O=C1CCC2(CCCCC2)n2c1cc1cnc(NC3CCC(NCc4ccccc4)CC3)nc12. The Balaban J connectivity index is 1.15. The van der Waals surface area contributed by atoms with E-state index in [0.29, 0.717) is 24.5 Å². The van der Waals surface area contributed by atoms with E-state index >= 15 is 0 Å². The van der Waals surface area contributed by atoms with Crippen LogP contribution in [0.4, 0.5) is 5.95 Å². The van der Waals surface area contributed by atoms with E-state index in [1.807, 2.05) is 12.3 Å². The van der Waals surface area contributed by atoms with Crippen LogP contribution in [0.3, 0.4) is 0 Å². The van der Waals surface area contributed by atoms with Crippen LogP contribution in [0.1, 0.15) is 86.7 Å². The molecule has 6 rings (SSSR count). The van der Waals surface area contributed by atoms with Crippen molar-refractivity contribution in [1.82, 2.24) is 19.9 Å². The fourth-order valence-corrected chi connectivity index (χ4v) is 6.50. The minimum absolute atomic E-state index is 0.0668. The Labute approximate surface area is 201 Å². The van der Waals surface area contributed by atoms with Crippen LogP contribution in [0.5, 0.6) is 0 Å². The molecule has 2 aromatic heterocycles. The molecular weight excluding hydrogens is 422 g/mol. The summed E-state index contributed by atoms with van der Waals surface area (Å²) >= 11 is 0. The maximum Gasteiger partial charge on any atom is 0.224 e. The molecule has 178 valence electrons. The molecule has 0 unspecified atom stereocenters. The van der Waals surface area contributed by atoms with Crippen LogP contribution in [0.15, 0.2) is 42.6 Å². The summed E-state index contributed by atoms with van der Waals surface area (Å²) in [6.45, 7) is 0.934. The van der Waals surface area contributed by atoms with Crippen LogP contribution in [0.25, 0.3) is 11.0 Å². The highest BCUT2D eigenvalue weighted by atomic mass is 16.1. The smallest absolute Gasteiger partial charge is 0.224 e. The molecule has 1 spiro atoms. The molecule has 0 bridgehead atoms. The number of anilines is 1. The lowest BCUT2D eigenvalue weighted by molar-refractivity contribution is 0.0852. The third-order valence-corrected chi connectivity index (χ3v) is 8.40. The van der Waals surface area contributed by atoms with E-state index in [4.69, 9.17) is 4.98 Å². The number of carbonyl (C=O) groups is 1. The van der Waals surface area contributed by atoms with Gasteiger partial charge in [-0.25, -0.2) is 4.98 Å². The van der Waals surface area contributed by atoms with Crippen molar-refractivity contribution in [1.29, 1.82) is 0 Å². The second-order valence-electron chi connectivity index (χ2n) is 10.6. The van der Waals surface area contributed by atoms with E-state index in [1.54, 1.807) is 0 Å². The predicted octanol–water partition coefficient (Wildman–Crippen LogP) is 5.58. The van der Waals surface area contributed by atoms with Gasteiger partial charge in [0.25, 0.3) is 0 Å². The summed E-state index contributed by atoms with van der Waals surface area (Å²) in [5, 5.41) is 8.33. The van der Waals surface area contributed by atoms with E-state index < -0.39 is 0 Å². The summed E-state index contributed by atoms with van der Waals surface area (Å²) in [7, 11) is 0. The number of hydrogen-bond acceptors (Lipinski definition) is 5. The molecule has 3 aliphatic rings. The zero-order valence-electron chi connectivity index (χ0n) is 19.9. The molecule has 1 aliphatic heterocycles. The van der Waals surface area contributed by atoms with Gasteiger partial charge >= 0.3 is 0 Å². The number of ketones is 1. The van der Waals surface area contributed by atoms with Gasteiger partial charge in [0.1, 0.15) is 5.65 Å². The zero-order chi connectivity index (χ0) is 23.0. The van der Waals surface area contributed by atoms with Crippen molar-refractivity contribution >= 4 is 22.8 Å². The highest BCUT2D eigenvalue weighted by Gasteiger charge is 2.41. The minimum atomic E-state index is 0.0668. The first-order valence-electron chi connectivity index (χ1n) is 13.2. The zero-order valence-corrected chi connectivity index (χ0v) is 19.9. The number of fused-ring (bicyclic) bond motifs is 4. The molecule has 0 radical (unpaired) electrons. The van der Waals surface area contributed by atoms with E-state index in [9.17, 15) is 4.79 Å². The predicted molar refractivity (Wildman–Crippen MR) is 135 cm³/mol. The first kappa shape index (κ1) is 21.8. The number of nitrogens with one attached hydrogen (secondary N) is 2. The Morgan fingerprint density at radius 2 is 1.74 bits per heavy atom. The highest BCUT2D eigenvalue weighted by Crippen LogP contribution is 2.45. The van der Waals surface area contributed by atoms with Crippen molar-refractivity contribution in [3.05, 3.63) is 53.9 Å². The number of rotatable bonds is 5. The average Bonchev–Trinajstić information content (AvgIpc) is 3.28. The molecule has 0 atom stereocenters. The van der Waals surface area contributed by atoms with Crippen LogP contribution in [-0.4, -0.2) is 32.4 Å². The summed E-state index contributed by atoms with van der Waals surface area (Å²) in [5.41, 5.74) is 3.20. The lowest BCUT2D eigenvalue weighted by Gasteiger charge is -2.42. The minimum Gasteiger partial charge on any atom is -0.351 e. The number of nitrogens with zero attached hydrogens (tertiary/aromatic N) is 3. The Morgan fingerprint density at radius 1 is 0.971 bits per heavy atom. The van der Waals surface area contributed by atoms with Gasteiger partial charge < -0.3 is 15.2 Å². The van der Waals surface area contributed by atoms with Crippen LogP contribution in [-0.2, 0) is 12.1 Å². The molecule has 6 nitrogen and oxygen atoms in total. The largest absolute Gasteiger partial charge is 0.351 e. The molecule has 0 amide bonds. The van der Waals surface area contributed by atoms with Gasteiger partial charge in [0.05, 0.1) is 5.69 Å². The Hall–Kier alpha value is -2.73. The molecular formula is C28H35N5O. The molecule has 34 heavy (non-hydrogen) atoms. The first-order chi connectivity index (χ1) is 16.7. The summed E-state index contributed by atoms with van der Waals surface area (Å²) < 4.78 is 2.31. The van der Waals surface area contributed by atoms with Gasteiger partial charge in [0.2, 0.25) is 5.95 Å². The van der Waals surface area contributed by atoms with Gasteiger partial charge in [-0.3, -0.25) is 4.79 Å². The van der Waals surface area contributed by atoms with Gasteiger partial charge in [-0.05, 0) is 56.6 Å². The Bertz CT molecular complexity index is 1160. The van der Waals surface area contributed by atoms with Crippen molar-refractivity contribution in [3.8, 4) is 0 Å². The van der Waals surface area contributed by atoms with Crippen LogP contribution >= 0.6 is 0 Å².